The van der Waals surface area contributed by atoms with Gasteiger partial charge >= 0.3 is 0 Å². The van der Waals surface area contributed by atoms with Gasteiger partial charge in [-0.15, -0.1) is 0 Å². The van der Waals surface area contributed by atoms with Gasteiger partial charge in [-0.25, -0.2) is 4.31 Å². The largest absolute Gasteiger partial charge is 0.497 e. The fourth-order valence-electron chi connectivity index (χ4n) is 2.11. The lowest BCUT2D eigenvalue weighted by Crippen LogP contribution is -2.12. The molecule has 1 atom stereocenters. The molecule has 1 aliphatic rings. The van der Waals surface area contributed by atoms with Crippen molar-refractivity contribution in [3.8, 4) is 5.75 Å². The molecule has 2 aromatic carbocycles. The molecule has 2 aromatic rings. The first-order valence-corrected chi connectivity index (χ1v) is 7.77. The maximum atomic E-state index is 5.18. The fraction of sp³-hybridized carbons (Fsp3) is 0.200. The third-order valence-corrected chi connectivity index (χ3v) is 5.54. The Morgan fingerprint density at radius 3 is 2.58 bits per heavy atom. The Morgan fingerprint density at radius 1 is 1.16 bits per heavy atom. The minimum atomic E-state index is 0.274. The summed E-state index contributed by atoms with van der Waals surface area (Å²) in [6, 6.07) is 16.8. The third-order valence-electron chi connectivity index (χ3n) is 3.14. The van der Waals surface area contributed by atoms with Crippen LogP contribution in [0.15, 0.2) is 53.4 Å². The van der Waals surface area contributed by atoms with Crippen LogP contribution in [-0.4, -0.2) is 11.4 Å². The Bertz CT molecular complexity index is 573. The average molecular weight is 336 g/mol. The van der Waals surface area contributed by atoms with E-state index in [9.17, 15) is 0 Å². The van der Waals surface area contributed by atoms with Crippen LogP contribution in [0.4, 0.5) is 0 Å². The standard InChI is InChI=1S/C15H14BrNOS/c1-18-12-8-6-11(7-9-12)10-17-15(16)13-4-2-3-5-14(13)19-17/h2-9,15H,10H2,1H3. The van der Waals surface area contributed by atoms with Crippen LogP contribution < -0.4 is 4.74 Å². The lowest BCUT2D eigenvalue weighted by Gasteiger charge is -2.18. The Hall–Kier alpha value is -0.970. The summed E-state index contributed by atoms with van der Waals surface area (Å²) in [5.74, 6) is 0.900. The normalized spacial score (nSPS) is 18.3. The quantitative estimate of drug-likeness (QED) is 0.461. The van der Waals surface area contributed by atoms with E-state index in [1.807, 2.05) is 12.1 Å². The topological polar surface area (TPSA) is 12.5 Å². The Morgan fingerprint density at radius 2 is 1.89 bits per heavy atom. The van der Waals surface area contributed by atoms with E-state index in [4.69, 9.17) is 4.74 Å². The summed E-state index contributed by atoms with van der Waals surface area (Å²) in [5.41, 5.74) is 2.63. The molecule has 0 bridgehead atoms. The molecular formula is C15H14BrNOS. The molecule has 4 heteroatoms. The number of halogens is 1. The second-order valence-electron chi connectivity index (χ2n) is 4.39. The molecule has 1 unspecified atom stereocenters. The van der Waals surface area contributed by atoms with Crippen molar-refractivity contribution in [1.82, 2.24) is 4.31 Å². The Labute approximate surface area is 126 Å². The monoisotopic (exact) mass is 335 g/mol. The van der Waals surface area contributed by atoms with Gasteiger partial charge in [0.2, 0.25) is 0 Å². The summed E-state index contributed by atoms with van der Waals surface area (Å²) in [5, 5.41) is 0. The number of hydrogen-bond acceptors (Lipinski definition) is 3. The number of benzene rings is 2. The zero-order valence-corrected chi connectivity index (χ0v) is 12.9. The number of rotatable bonds is 3. The van der Waals surface area contributed by atoms with Gasteiger partial charge in [0.25, 0.3) is 0 Å². The first-order chi connectivity index (χ1) is 9.28. The van der Waals surface area contributed by atoms with Gasteiger partial charge in [-0.3, -0.25) is 0 Å². The van der Waals surface area contributed by atoms with E-state index < -0.39 is 0 Å². The summed E-state index contributed by atoms with van der Waals surface area (Å²) >= 11 is 5.57. The van der Waals surface area contributed by atoms with Gasteiger partial charge in [-0.1, -0.05) is 46.3 Å². The summed E-state index contributed by atoms with van der Waals surface area (Å²) in [6.45, 7) is 0.902. The first-order valence-electron chi connectivity index (χ1n) is 6.08. The predicted octanol–water partition coefficient (Wildman–Crippen LogP) is 4.61. The van der Waals surface area contributed by atoms with Gasteiger partial charge in [0.15, 0.2) is 0 Å². The molecule has 0 amide bonds. The van der Waals surface area contributed by atoms with Crippen LogP contribution in [0.5, 0.6) is 5.75 Å². The van der Waals surface area contributed by atoms with Crippen LogP contribution in [0.3, 0.4) is 0 Å². The number of nitrogens with zero attached hydrogens (tertiary/aromatic N) is 1. The van der Waals surface area contributed by atoms with Crippen molar-refractivity contribution in [2.75, 3.05) is 7.11 Å². The van der Waals surface area contributed by atoms with Gasteiger partial charge in [0, 0.05) is 11.4 Å². The molecule has 19 heavy (non-hydrogen) atoms. The highest BCUT2D eigenvalue weighted by Gasteiger charge is 2.28. The van der Waals surface area contributed by atoms with E-state index in [0.717, 1.165) is 12.3 Å². The van der Waals surface area contributed by atoms with E-state index in [1.54, 1.807) is 19.1 Å². The molecule has 98 valence electrons. The van der Waals surface area contributed by atoms with Crippen molar-refractivity contribution < 1.29 is 4.74 Å². The molecule has 0 N–H and O–H groups in total. The number of methoxy groups -OCH3 is 1. The number of fused-ring (bicyclic) bond motifs is 1. The lowest BCUT2D eigenvalue weighted by atomic mass is 10.2. The SMILES string of the molecule is COc1ccc(CN2Sc3ccccc3C2Br)cc1. The molecule has 0 saturated carbocycles. The molecule has 0 aromatic heterocycles. The highest BCUT2D eigenvalue weighted by molar-refractivity contribution is 9.09. The molecule has 0 radical (unpaired) electrons. The van der Waals surface area contributed by atoms with Crippen LogP contribution in [0.1, 0.15) is 16.1 Å². The van der Waals surface area contributed by atoms with Crippen LogP contribution in [-0.2, 0) is 6.54 Å². The van der Waals surface area contributed by atoms with Gasteiger partial charge < -0.3 is 4.74 Å². The van der Waals surface area contributed by atoms with Crippen molar-refractivity contribution in [2.24, 2.45) is 0 Å². The highest BCUT2D eigenvalue weighted by Crippen LogP contribution is 2.47. The fourth-order valence-corrected chi connectivity index (χ4v) is 4.15. The molecular weight excluding hydrogens is 322 g/mol. The van der Waals surface area contributed by atoms with Crippen LogP contribution in [0, 0.1) is 0 Å². The molecule has 0 saturated heterocycles. The van der Waals surface area contributed by atoms with Gasteiger partial charge in [-0.05, 0) is 41.3 Å². The molecule has 0 fully saturated rings. The summed E-state index contributed by atoms with van der Waals surface area (Å²) in [4.78, 5) is 1.61. The highest BCUT2D eigenvalue weighted by atomic mass is 79.9. The second-order valence-corrected chi connectivity index (χ2v) is 6.35. The minimum absolute atomic E-state index is 0.274. The zero-order chi connectivity index (χ0) is 13.2. The van der Waals surface area contributed by atoms with E-state index in [2.05, 4.69) is 56.6 Å². The second kappa shape index (κ2) is 5.57. The number of ether oxygens (including phenoxy) is 1. The van der Waals surface area contributed by atoms with Gasteiger partial charge in [-0.2, -0.15) is 0 Å². The third kappa shape index (κ3) is 2.66. The minimum Gasteiger partial charge on any atom is -0.497 e. The summed E-state index contributed by atoms with van der Waals surface area (Å²) in [7, 11) is 1.69. The van der Waals surface area contributed by atoms with E-state index >= 15 is 0 Å². The van der Waals surface area contributed by atoms with Gasteiger partial charge in [0.1, 0.15) is 10.7 Å². The molecule has 3 rings (SSSR count). The van der Waals surface area contributed by atoms with Crippen molar-refractivity contribution in [3.63, 3.8) is 0 Å². The number of alkyl halides is 1. The maximum Gasteiger partial charge on any atom is 0.118 e. The van der Waals surface area contributed by atoms with Crippen LogP contribution >= 0.6 is 27.9 Å². The number of hydrogen-bond donors (Lipinski definition) is 0. The van der Waals surface area contributed by atoms with Gasteiger partial charge in [0.05, 0.1) is 7.11 Å². The van der Waals surface area contributed by atoms with Crippen LogP contribution in [0.25, 0.3) is 0 Å². The molecule has 0 aliphatic carbocycles. The molecule has 2 nitrogen and oxygen atoms in total. The van der Waals surface area contributed by atoms with Crippen molar-refractivity contribution in [3.05, 3.63) is 59.7 Å². The lowest BCUT2D eigenvalue weighted by molar-refractivity contribution is 0.414. The summed E-state index contributed by atoms with van der Waals surface area (Å²) in [6.07, 6.45) is 0. The maximum absolute atomic E-state index is 5.18. The van der Waals surface area contributed by atoms with E-state index in [-0.39, 0.29) is 4.95 Å². The van der Waals surface area contributed by atoms with Crippen molar-refractivity contribution >= 4 is 27.9 Å². The predicted molar refractivity (Wildman–Crippen MR) is 82.5 cm³/mol. The molecule has 0 spiro atoms. The Kier molecular flexibility index (Phi) is 3.82. The molecule has 1 heterocycles. The van der Waals surface area contributed by atoms with Crippen molar-refractivity contribution in [2.45, 2.75) is 16.4 Å². The smallest absolute Gasteiger partial charge is 0.118 e. The van der Waals surface area contributed by atoms with Crippen molar-refractivity contribution in [1.29, 1.82) is 0 Å². The average Bonchev–Trinajstić information content (AvgIpc) is 2.77. The molecule has 1 aliphatic heterocycles. The Balaban J connectivity index is 1.75. The summed E-state index contributed by atoms with van der Waals surface area (Å²) < 4.78 is 7.52. The zero-order valence-electron chi connectivity index (χ0n) is 10.5. The van der Waals surface area contributed by atoms with E-state index in [1.165, 1.54) is 16.0 Å². The van der Waals surface area contributed by atoms with Crippen LogP contribution in [0.2, 0.25) is 0 Å². The van der Waals surface area contributed by atoms with E-state index in [0.29, 0.717) is 0 Å². The first kappa shape index (κ1) is 13.0.